The second-order valence-electron chi connectivity index (χ2n) is 3.32. The molecule has 1 atom stereocenters. The molecular weight excluding hydrogens is 219 g/mol. The van der Waals surface area contributed by atoms with E-state index in [1.165, 1.54) is 0 Å². The summed E-state index contributed by atoms with van der Waals surface area (Å²) in [6.45, 7) is 0. The van der Waals surface area contributed by atoms with Gasteiger partial charge in [-0.05, 0) is 17.7 Å². The van der Waals surface area contributed by atoms with Gasteiger partial charge in [-0.15, -0.1) is 0 Å². The van der Waals surface area contributed by atoms with Crippen molar-refractivity contribution in [2.24, 2.45) is 5.10 Å². The van der Waals surface area contributed by atoms with Crippen LogP contribution in [0.1, 0.15) is 18.0 Å². The maximum Gasteiger partial charge on any atom is 0.128 e. The second kappa shape index (κ2) is 3.79. The molecule has 0 saturated heterocycles. The molecule has 1 aliphatic heterocycles. The van der Waals surface area contributed by atoms with Crippen molar-refractivity contribution >= 4 is 28.4 Å². The maximum atomic E-state index is 5.92. The highest BCUT2D eigenvalue weighted by Crippen LogP contribution is 2.31. The Labute approximate surface area is 93.1 Å². The monoisotopic (exact) mass is 228 g/mol. The average Bonchev–Trinajstić information content (AvgIpc) is 2.45. The molecule has 1 heterocycles. The van der Waals surface area contributed by atoms with Gasteiger partial charge in [0.15, 0.2) is 0 Å². The highest BCUT2D eigenvalue weighted by Gasteiger charge is 2.23. The Morgan fingerprint density at radius 1 is 1.43 bits per heavy atom. The summed E-state index contributed by atoms with van der Waals surface area (Å²) in [4.78, 5) is 0. The minimum absolute atomic E-state index is 0.223. The van der Waals surface area contributed by atoms with Crippen LogP contribution in [0.2, 0.25) is 5.02 Å². The standard InChI is InChI=1S/C10H10Cl2N2/c1-14-9(6-10(12)13-14)7-3-2-4-8(11)5-7/h2-5,9H,6H2,1H3. The van der Waals surface area contributed by atoms with Gasteiger partial charge in [0.25, 0.3) is 0 Å². The van der Waals surface area contributed by atoms with Gasteiger partial charge in [-0.2, -0.15) is 5.10 Å². The van der Waals surface area contributed by atoms with E-state index in [9.17, 15) is 0 Å². The van der Waals surface area contributed by atoms with Gasteiger partial charge in [0, 0.05) is 18.5 Å². The first-order valence-corrected chi connectivity index (χ1v) is 5.13. The minimum atomic E-state index is 0.223. The molecule has 0 aromatic heterocycles. The lowest BCUT2D eigenvalue weighted by Crippen LogP contribution is -2.13. The Morgan fingerprint density at radius 2 is 2.21 bits per heavy atom. The fourth-order valence-electron chi connectivity index (χ4n) is 1.62. The zero-order valence-corrected chi connectivity index (χ0v) is 9.26. The van der Waals surface area contributed by atoms with Gasteiger partial charge < -0.3 is 0 Å². The smallest absolute Gasteiger partial charge is 0.128 e. The van der Waals surface area contributed by atoms with Crippen LogP contribution in [0.3, 0.4) is 0 Å². The van der Waals surface area contributed by atoms with E-state index in [4.69, 9.17) is 23.2 Å². The van der Waals surface area contributed by atoms with E-state index in [0.29, 0.717) is 5.17 Å². The Hall–Kier alpha value is -0.730. The SMILES string of the molecule is CN1N=C(Cl)CC1c1cccc(Cl)c1. The van der Waals surface area contributed by atoms with E-state index in [0.717, 1.165) is 17.0 Å². The summed E-state index contributed by atoms with van der Waals surface area (Å²) in [6, 6.07) is 8.02. The van der Waals surface area contributed by atoms with Gasteiger partial charge in [-0.3, -0.25) is 5.01 Å². The highest BCUT2D eigenvalue weighted by molar-refractivity contribution is 6.65. The van der Waals surface area contributed by atoms with Gasteiger partial charge in [-0.1, -0.05) is 35.3 Å². The molecule has 0 aliphatic carbocycles. The summed E-state index contributed by atoms with van der Waals surface area (Å²) >= 11 is 11.8. The van der Waals surface area contributed by atoms with Crippen LogP contribution in [0.5, 0.6) is 0 Å². The van der Waals surface area contributed by atoms with Crippen LogP contribution < -0.4 is 0 Å². The summed E-state index contributed by atoms with van der Waals surface area (Å²) in [5, 5.41) is 7.42. The molecule has 1 aromatic rings. The summed E-state index contributed by atoms with van der Waals surface area (Å²) in [7, 11) is 1.92. The molecule has 0 fully saturated rings. The van der Waals surface area contributed by atoms with Crippen molar-refractivity contribution in [1.82, 2.24) is 5.01 Å². The van der Waals surface area contributed by atoms with Crippen LogP contribution in [-0.4, -0.2) is 17.2 Å². The molecule has 14 heavy (non-hydrogen) atoms. The lowest BCUT2D eigenvalue weighted by atomic mass is 10.1. The van der Waals surface area contributed by atoms with Gasteiger partial charge in [0.05, 0.1) is 6.04 Å². The molecule has 0 amide bonds. The summed E-state index contributed by atoms with van der Waals surface area (Å²) in [6.07, 6.45) is 0.762. The van der Waals surface area contributed by atoms with Gasteiger partial charge in [0.1, 0.15) is 5.17 Å². The molecule has 0 spiro atoms. The molecule has 1 unspecified atom stereocenters. The average molecular weight is 229 g/mol. The number of nitrogens with zero attached hydrogens (tertiary/aromatic N) is 2. The lowest BCUT2D eigenvalue weighted by Gasteiger charge is -2.18. The second-order valence-corrected chi connectivity index (χ2v) is 4.20. The minimum Gasteiger partial charge on any atom is -0.291 e. The van der Waals surface area contributed by atoms with E-state index in [1.54, 1.807) is 0 Å². The number of hydrazone groups is 1. The highest BCUT2D eigenvalue weighted by atomic mass is 35.5. The topological polar surface area (TPSA) is 15.6 Å². The van der Waals surface area contributed by atoms with E-state index in [2.05, 4.69) is 5.10 Å². The van der Waals surface area contributed by atoms with Crippen LogP contribution in [0.4, 0.5) is 0 Å². The third-order valence-electron chi connectivity index (χ3n) is 2.31. The molecule has 4 heteroatoms. The van der Waals surface area contributed by atoms with Gasteiger partial charge >= 0.3 is 0 Å². The van der Waals surface area contributed by atoms with Crippen molar-refractivity contribution in [2.45, 2.75) is 12.5 Å². The zero-order chi connectivity index (χ0) is 10.1. The first kappa shape index (κ1) is 9.81. The molecule has 1 aliphatic rings. The quantitative estimate of drug-likeness (QED) is 0.721. The Kier molecular flexibility index (Phi) is 2.66. The molecule has 2 rings (SSSR count). The fraction of sp³-hybridized carbons (Fsp3) is 0.300. The van der Waals surface area contributed by atoms with E-state index in [-0.39, 0.29) is 6.04 Å². The summed E-state index contributed by atoms with van der Waals surface area (Å²) in [5.41, 5.74) is 1.15. The molecule has 2 nitrogen and oxygen atoms in total. The number of halogens is 2. The third-order valence-corrected chi connectivity index (χ3v) is 2.78. The van der Waals surface area contributed by atoms with Crippen molar-refractivity contribution in [3.8, 4) is 0 Å². The summed E-state index contributed by atoms with van der Waals surface area (Å²) in [5.74, 6) is 0. The van der Waals surface area contributed by atoms with Crippen LogP contribution in [0.25, 0.3) is 0 Å². The van der Waals surface area contributed by atoms with Crippen molar-refractivity contribution in [3.05, 3.63) is 34.9 Å². The predicted octanol–water partition coefficient (Wildman–Crippen LogP) is 3.27. The number of benzene rings is 1. The van der Waals surface area contributed by atoms with E-state index >= 15 is 0 Å². The maximum absolute atomic E-state index is 5.92. The normalized spacial score (nSPS) is 21.2. The van der Waals surface area contributed by atoms with Crippen LogP contribution in [0.15, 0.2) is 29.4 Å². The Balaban J connectivity index is 2.25. The van der Waals surface area contributed by atoms with Crippen LogP contribution in [-0.2, 0) is 0 Å². The Bertz CT molecular complexity index is 376. The van der Waals surface area contributed by atoms with Crippen molar-refractivity contribution in [1.29, 1.82) is 0 Å². The molecule has 74 valence electrons. The van der Waals surface area contributed by atoms with E-state index in [1.807, 2.05) is 36.3 Å². The predicted molar refractivity (Wildman–Crippen MR) is 59.9 cm³/mol. The van der Waals surface area contributed by atoms with Gasteiger partial charge in [-0.25, -0.2) is 0 Å². The molecule has 1 aromatic carbocycles. The molecule has 0 N–H and O–H groups in total. The number of hydrogen-bond donors (Lipinski definition) is 0. The Morgan fingerprint density at radius 3 is 2.79 bits per heavy atom. The fourth-order valence-corrected chi connectivity index (χ4v) is 2.08. The molecule has 0 bridgehead atoms. The first-order chi connectivity index (χ1) is 6.66. The van der Waals surface area contributed by atoms with E-state index < -0.39 is 0 Å². The summed E-state index contributed by atoms with van der Waals surface area (Å²) < 4.78 is 0. The number of rotatable bonds is 1. The number of hydrogen-bond acceptors (Lipinski definition) is 2. The van der Waals surface area contributed by atoms with Crippen molar-refractivity contribution in [2.75, 3.05) is 7.05 Å². The largest absolute Gasteiger partial charge is 0.291 e. The zero-order valence-electron chi connectivity index (χ0n) is 7.74. The van der Waals surface area contributed by atoms with Crippen molar-refractivity contribution < 1.29 is 0 Å². The van der Waals surface area contributed by atoms with Crippen LogP contribution in [0, 0.1) is 0 Å². The third kappa shape index (κ3) is 1.86. The van der Waals surface area contributed by atoms with Crippen molar-refractivity contribution in [3.63, 3.8) is 0 Å². The lowest BCUT2D eigenvalue weighted by molar-refractivity contribution is 0.290. The molecule has 0 saturated carbocycles. The van der Waals surface area contributed by atoms with Crippen LogP contribution >= 0.6 is 23.2 Å². The first-order valence-electron chi connectivity index (χ1n) is 4.38. The molecular formula is C10H10Cl2N2. The van der Waals surface area contributed by atoms with Gasteiger partial charge in [0.2, 0.25) is 0 Å². The molecule has 0 radical (unpaired) electrons.